The lowest BCUT2D eigenvalue weighted by Gasteiger charge is -2.37. The molecule has 2 aliphatic heterocycles. The molecule has 4 heteroatoms. The zero-order chi connectivity index (χ0) is 23.3. The number of anilines is 1. The van der Waals surface area contributed by atoms with Crippen LogP contribution in [-0.2, 0) is 10.3 Å². The Labute approximate surface area is 199 Å². The Kier molecular flexibility index (Phi) is 4.70. The van der Waals surface area contributed by atoms with Gasteiger partial charge in [0.15, 0.2) is 5.60 Å². The monoisotopic (exact) mass is 447 g/mol. The summed E-state index contributed by atoms with van der Waals surface area (Å²) in [6.07, 6.45) is 0. The Balaban J connectivity index is 1.77. The van der Waals surface area contributed by atoms with Crippen LogP contribution >= 0.6 is 0 Å². The molecule has 168 valence electrons. The molecule has 0 unspecified atom stereocenters. The van der Waals surface area contributed by atoms with Crippen LogP contribution in [0.1, 0.15) is 40.9 Å². The topological polar surface area (TPSA) is 38.8 Å². The van der Waals surface area contributed by atoms with Gasteiger partial charge in [0, 0.05) is 29.8 Å². The largest absolute Gasteiger partial charge is 0.456 e. The second-order valence-corrected chi connectivity index (χ2v) is 8.59. The van der Waals surface area contributed by atoms with Gasteiger partial charge in [0.2, 0.25) is 0 Å². The minimum absolute atomic E-state index is 0.304. The van der Waals surface area contributed by atoms with Crippen molar-refractivity contribution in [2.24, 2.45) is 0 Å². The number of ether oxygens (including phenoxy) is 2. The summed E-state index contributed by atoms with van der Waals surface area (Å²) in [6.45, 7) is 5.81. The molecule has 0 fully saturated rings. The normalized spacial score (nSPS) is 14.6. The standard InChI is InChI=1S/C30H25NO3/c1-3-31(4-2)24-19-18-21(20-12-6-5-7-13-20)28-27(24)29(32)34-30(28)22-14-8-10-16-25(22)33-26-17-11-9-15-23(26)30/h5-19H,3-4H2,1-2H3. The second-order valence-electron chi connectivity index (χ2n) is 8.59. The van der Waals surface area contributed by atoms with Crippen molar-refractivity contribution in [1.82, 2.24) is 0 Å². The Hall–Kier alpha value is -4.05. The fraction of sp³-hybridized carbons (Fsp3) is 0.167. The molecule has 0 N–H and O–H groups in total. The molecule has 2 heterocycles. The highest BCUT2D eigenvalue weighted by Crippen LogP contribution is 2.59. The van der Waals surface area contributed by atoms with Crippen LogP contribution in [0, 0.1) is 0 Å². The highest BCUT2D eigenvalue weighted by Gasteiger charge is 2.55. The van der Waals surface area contributed by atoms with E-state index in [1.807, 2.05) is 66.7 Å². The zero-order valence-corrected chi connectivity index (χ0v) is 19.2. The van der Waals surface area contributed by atoms with Crippen molar-refractivity contribution >= 4 is 11.7 Å². The SMILES string of the molecule is CCN(CC)c1ccc(-c2ccccc2)c2c1C(=O)OC21c2ccccc2Oc2ccccc21. The number of nitrogens with zero attached hydrogens (tertiary/aromatic N) is 1. The molecule has 0 bridgehead atoms. The quantitative estimate of drug-likeness (QED) is 0.324. The van der Waals surface area contributed by atoms with E-state index in [-0.39, 0.29) is 5.97 Å². The van der Waals surface area contributed by atoms with E-state index < -0.39 is 5.60 Å². The first kappa shape index (κ1) is 20.5. The van der Waals surface area contributed by atoms with Crippen molar-refractivity contribution in [2.45, 2.75) is 19.4 Å². The molecule has 4 aromatic rings. The third kappa shape index (κ3) is 2.75. The number of hydrogen-bond acceptors (Lipinski definition) is 4. The lowest BCUT2D eigenvalue weighted by Crippen LogP contribution is -2.33. The average Bonchev–Trinajstić information content (AvgIpc) is 3.19. The van der Waals surface area contributed by atoms with E-state index in [9.17, 15) is 4.79 Å². The highest BCUT2D eigenvalue weighted by atomic mass is 16.6. The molecule has 0 atom stereocenters. The van der Waals surface area contributed by atoms with E-state index in [0.29, 0.717) is 17.1 Å². The van der Waals surface area contributed by atoms with Crippen LogP contribution in [0.5, 0.6) is 11.5 Å². The molecular formula is C30H25NO3. The maximum atomic E-state index is 13.8. The first-order chi connectivity index (χ1) is 16.7. The summed E-state index contributed by atoms with van der Waals surface area (Å²) in [5.74, 6) is 1.10. The van der Waals surface area contributed by atoms with Gasteiger partial charge in [-0.05, 0) is 43.2 Å². The Morgan fingerprint density at radius 3 is 1.94 bits per heavy atom. The smallest absolute Gasteiger partial charge is 0.342 e. The summed E-state index contributed by atoms with van der Waals surface area (Å²) < 4.78 is 12.8. The van der Waals surface area contributed by atoms with Crippen LogP contribution < -0.4 is 9.64 Å². The van der Waals surface area contributed by atoms with E-state index in [1.54, 1.807) is 0 Å². The van der Waals surface area contributed by atoms with Crippen molar-refractivity contribution in [3.8, 4) is 22.6 Å². The van der Waals surface area contributed by atoms with Crippen LogP contribution in [0.3, 0.4) is 0 Å². The molecule has 34 heavy (non-hydrogen) atoms. The molecule has 4 aromatic carbocycles. The maximum absolute atomic E-state index is 13.8. The highest BCUT2D eigenvalue weighted by molar-refractivity contribution is 6.05. The number of benzene rings is 4. The van der Waals surface area contributed by atoms with Gasteiger partial charge in [0.1, 0.15) is 11.5 Å². The van der Waals surface area contributed by atoms with Crippen LogP contribution in [0.4, 0.5) is 5.69 Å². The molecule has 0 amide bonds. The summed E-state index contributed by atoms with van der Waals surface area (Å²) in [4.78, 5) is 16.0. The van der Waals surface area contributed by atoms with E-state index in [2.05, 4.69) is 43.0 Å². The van der Waals surface area contributed by atoms with Crippen molar-refractivity contribution in [3.63, 3.8) is 0 Å². The van der Waals surface area contributed by atoms with Gasteiger partial charge in [-0.3, -0.25) is 0 Å². The molecule has 0 aromatic heterocycles. The minimum atomic E-state index is -1.09. The predicted molar refractivity (Wildman–Crippen MR) is 134 cm³/mol. The molecular weight excluding hydrogens is 422 g/mol. The van der Waals surface area contributed by atoms with Crippen molar-refractivity contribution in [1.29, 1.82) is 0 Å². The van der Waals surface area contributed by atoms with Crippen LogP contribution in [-0.4, -0.2) is 19.1 Å². The van der Waals surface area contributed by atoms with Crippen molar-refractivity contribution < 1.29 is 14.3 Å². The van der Waals surface area contributed by atoms with Gasteiger partial charge in [0.05, 0.1) is 11.3 Å². The summed E-state index contributed by atoms with van der Waals surface area (Å²) >= 11 is 0. The number of para-hydroxylation sites is 2. The molecule has 2 aliphatic rings. The Morgan fingerprint density at radius 2 is 1.32 bits per heavy atom. The minimum Gasteiger partial charge on any atom is -0.456 e. The number of fused-ring (bicyclic) bond motifs is 6. The lowest BCUT2D eigenvalue weighted by atomic mass is 9.74. The van der Waals surface area contributed by atoms with Gasteiger partial charge in [-0.25, -0.2) is 4.79 Å². The number of carbonyl (C=O) groups is 1. The molecule has 0 aliphatic carbocycles. The summed E-state index contributed by atoms with van der Waals surface area (Å²) in [5.41, 5.74) is 5.06. The molecule has 4 nitrogen and oxygen atoms in total. The van der Waals surface area contributed by atoms with E-state index in [1.165, 1.54) is 0 Å². The Bertz CT molecular complexity index is 1360. The van der Waals surface area contributed by atoms with Gasteiger partial charge in [-0.15, -0.1) is 0 Å². The van der Waals surface area contributed by atoms with Gasteiger partial charge in [-0.2, -0.15) is 0 Å². The average molecular weight is 448 g/mol. The first-order valence-electron chi connectivity index (χ1n) is 11.8. The number of carbonyl (C=O) groups excluding carboxylic acids is 1. The number of rotatable bonds is 4. The van der Waals surface area contributed by atoms with E-state index in [0.717, 1.165) is 46.6 Å². The maximum Gasteiger partial charge on any atom is 0.342 e. The Morgan fingerprint density at radius 1 is 0.735 bits per heavy atom. The molecule has 0 saturated heterocycles. The van der Waals surface area contributed by atoms with E-state index >= 15 is 0 Å². The zero-order valence-electron chi connectivity index (χ0n) is 19.2. The first-order valence-corrected chi connectivity index (χ1v) is 11.8. The molecule has 0 radical (unpaired) electrons. The number of hydrogen-bond donors (Lipinski definition) is 0. The fourth-order valence-electron chi connectivity index (χ4n) is 5.43. The molecule has 0 saturated carbocycles. The van der Waals surface area contributed by atoms with Gasteiger partial charge in [0.25, 0.3) is 0 Å². The summed E-state index contributed by atoms with van der Waals surface area (Å²) in [7, 11) is 0. The molecule has 6 rings (SSSR count). The summed E-state index contributed by atoms with van der Waals surface area (Å²) in [6, 6.07) is 30.1. The van der Waals surface area contributed by atoms with E-state index in [4.69, 9.17) is 9.47 Å². The van der Waals surface area contributed by atoms with Crippen molar-refractivity contribution in [2.75, 3.05) is 18.0 Å². The van der Waals surface area contributed by atoms with Gasteiger partial charge in [-0.1, -0.05) is 72.8 Å². The lowest BCUT2D eigenvalue weighted by molar-refractivity contribution is 0.0226. The molecule has 1 spiro atoms. The predicted octanol–water partition coefficient (Wildman–Crippen LogP) is 6.77. The fourth-order valence-corrected chi connectivity index (χ4v) is 5.43. The van der Waals surface area contributed by atoms with Gasteiger partial charge >= 0.3 is 5.97 Å². The third-order valence-electron chi connectivity index (χ3n) is 6.93. The summed E-state index contributed by atoms with van der Waals surface area (Å²) in [5, 5.41) is 0. The second kappa shape index (κ2) is 7.77. The van der Waals surface area contributed by atoms with Crippen molar-refractivity contribution in [3.05, 3.63) is 113 Å². The number of esters is 1. The van der Waals surface area contributed by atoms with Gasteiger partial charge < -0.3 is 14.4 Å². The van der Waals surface area contributed by atoms with Crippen LogP contribution in [0.25, 0.3) is 11.1 Å². The van der Waals surface area contributed by atoms with Crippen LogP contribution in [0.2, 0.25) is 0 Å². The van der Waals surface area contributed by atoms with Crippen LogP contribution in [0.15, 0.2) is 91.0 Å². The third-order valence-corrected chi connectivity index (χ3v) is 6.93.